The molecule has 5 heteroatoms. The molecule has 2 atom stereocenters. The van der Waals surface area contributed by atoms with E-state index in [1.165, 1.54) is 25.0 Å². The van der Waals surface area contributed by atoms with Crippen LogP contribution in [0.15, 0.2) is 48.7 Å². The van der Waals surface area contributed by atoms with Gasteiger partial charge in [-0.2, -0.15) is 0 Å². The van der Waals surface area contributed by atoms with Gasteiger partial charge >= 0.3 is 0 Å². The predicted octanol–water partition coefficient (Wildman–Crippen LogP) is 5.26. The van der Waals surface area contributed by atoms with Gasteiger partial charge in [-0.05, 0) is 61.1 Å². The monoisotopic (exact) mass is 411 g/mol. The number of carbonyl (C=O) groups is 1. The minimum absolute atomic E-state index is 0.0573. The van der Waals surface area contributed by atoms with Crippen molar-refractivity contribution in [3.63, 3.8) is 0 Å². The molecule has 0 spiro atoms. The number of nitrogens with one attached hydrogen (secondary N) is 1. The summed E-state index contributed by atoms with van der Waals surface area (Å²) in [6.45, 7) is 8.05. The van der Waals surface area contributed by atoms with E-state index in [-0.39, 0.29) is 23.2 Å². The quantitative estimate of drug-likeness (QED) is 0.676. The fourth-order valence-corrected chi connectivity index (χ4v) is 4.19. The summed E-state index contributed by atoms with van der Waals surface area (Å²) in [6, 6.07) is 12.9. The molecule has 1 aliphatic heterocycles. The summed E-state index contributed by atoms with van der Waals surface area (Å²) in [5, 5.41) is 3.25. The first-order chi connectivity index (χ1) is 14.3. The number of benzene rings is 1. The Morgan fingerprint density at radius 3 is 2.63 bits per heavy atom. The van der Waals surface area contributed by atoms with Crippen LogP contribution in [0.2, 0.25) is 0 Å². The van der Waals surface area contributed by atoms with E-state index in [1.807, 2.05) is 30.3 Å². The van der Waals surface area contributed by atoms with Gasteiger partial charge < -0.3 is 5.32 Å². The molecule has 2 aromatic rings. The van der Waals surface area contributed by atoms with Crippen LogP contribution in [0.25, 0.3) is 0 Å². The van der Waals surface area contributed by atoms with E-state index < -0.39 is 0 Å². The van der Waals surface area contributed by atoms with Crippen LogP contribution < -0.4 is 5.32 Å². The van der Waals surface area contributed by atoms with Crippen molar-refractivity contribution in [1.29, 1.82) is 0 Å². The number of pyridine rings is 1. The van der Waals surface area contributed by atoms with E-state index in [2.05, 4.69) is 36.0 Å². The lowest BCUT2D eigenvalue weighted by Gasteiger charge is -2.38. The molecular weight excluding hydrogens is 377 g/mol. The van der Waals surface area contributed by atoms with Crippen molar-refractivity contribution in [1.82, 2.24) is 15.2 Å². The number of carbonyl (C=O) groups excluding carboxylic acids is 1. The smallest absolute Gasteiger partial charge is 0.221 e. The zero-order valence-corrected chi connectivity index (χ0v) is 18.4. The van der Waals surface area contributed by atoms with Gasteiger partial charge in [-0.3, -0.25) is 14.7 Å². The number of nitrogens with zero attached hydrogens (tertiary/aromatic N) is 2. The molecule has 1 saturated heterocycles. The van der Waals surface area contributed by atoms with E-state index in [1.54, 1.807) is 6.20 Å². The third-order valence-corrected chi connectivity index (χ3v) is 5.63. The molecule has 2 heterocycles. The molecular formula is C25H34FN3O. The van der Waals surface area contributed by atoms with Gasteiger partial charge in [-0.1, -0.05) is 45.4 Å². The Labute approximate surface area is 179 Å². The fraction of sp³-hybridized carbons (Fsp3) is 0.520. The maximum atomic E-state index is 13.3. The highest BCUT2D eigenvalue weighted by molar-refractivity contribution is 5.77. The summed E-state index contributed by atoms with van der Waals surface area (Å²) in [6.07, 6.45) is 6.56. The first-order valence-corrected chi connectivity index (χ1v) is 11.0. The molecule has 1 aromatic heterocycles. The van der Waals surface area contributed by atoms with Crippen molar-refractivity contribution in [3.05, 3.63) is 65.7 Å². The van der Waals surface area contributed by atoms with Crippen LogP contribution >= 0.6 is 0 Å². The summed E-state index contributed by atoms with van der Waals surface area (Å²) in [5.41, 5.74) is 1.97. The van der Waals surface area contributed by atoms with Gasteiger partial charge in [0.15, 0.2) is 0 Å². The van der Waals surface area contributed by atoms with Gasteiger partial charge in [-0.15, -0.1) is 0 Å². The summed E-state index contributed by atoms with van der Waals surface area (Å²) >= 11 is 0. The van der Waals surface area contributed by atoms with E-state index >= 15 is 0 Å². The second-order valence-electron chi connectivity index (χ2n) is 9.59. The Kier molecular flexibility index (Phi) is 7.59. The highest BCUT2D eigenvalue weighted by Crippen LogP contribution is 2.28. The average molecular weight is 412 g/mol. The fourth-order valence-electron chi connectivity index (χ4n) is 4.19. The van der Waals surface area contributed by atoms with E-state index in [0.29, 0.717) is 12.5 Å². The number of hydrogen-bond acceptors (Lipinski definition) is 3. The zero-order chi connectivity index (χ0) is 21.6. The highest BCUT2D eigenvalue weighted by atomic mass is 19.1. The van der Waals surface area contributed by atoms with Crippen LogP contribution in [0.3, 0.4) is 0 Å². The molecule has 1 amide bonds. The molecule has 30 heavy (non-hydrogen) atoms. The predicted molar refractivity (Wildman–Crippen MR) is 118 cm³/mol. The van der Waals surface area contributed by atoms with Crippen molar-refractivity contribution in [3.8, 4) is 0 Å². The topological polar surface area (TPSA) is 45.2 Å². The van der Waals surface area contributed by atoms with Crippen molar-refractivity contribution in [2.24, 2.45) is 5.41 Å². The molecule has 0 bridgehead atoms. The van der Waals surface area contributed by atoms with Crippen molar-refractivity contribution in [2.75, 3.05) is 6.54 Å². The number of likely N-dealkylation sites (tertiary alicyclic amines) is 1. The second-order valence-corrected chi connectivity index (χ2v) is 9.59. The number of rotatable bonds is 7. The molecule has 1 fully saturated rings. The summed E-state index contributed by atoms with van der Waals surface area (Å²) in [7, 11) is 0. The van der Waals surface area contributed by atoms with E-state index in [0.717, 1.165) is 37.2 Å². The van der Waals surface area contributed by atoms with Crippen LogP contribution in [-0.4, -0.2) is 28.4 Å². The summed E-state index contributed by atoms with van der Waals surface area (Å²) in [5.74, 6) is -0.134. The number of halogens is 1. The maximum Gasteiger partial charge on any atom is 0.221 e. The van der Waals surface area contributed by atoms with Crippen LogP contribution in [0.1, 0.15) is 70.2 Å². The van der Waals surface area contributed by atoms with Gasteiger partial charge in [0.25, 0.3) is 0 Å². The third kappa shape index (κ3) is 6.91. The van der Waals surface area contributed by atoms with Gasteiger partial charge in [-0.25, -0.2) is 4.39 Å². The third-order valence-electron chi connectivity index (χ3n) is 5.63. The lowest BCUT2D eigenvalue weighted by Crippen LogP contribution is -2.42. The molecule has 0 aliphatic carbocycles. The largest absolute Gasteiger partial charge is 0.348 e. The highest BCUT2D eigenvalue weighted by Gasteiger charge is 2.28. The van der Waals surface area contributed by atoms with Crippen LogP contribution in [-0.2, 0) is 11.3 Å². The molecule has 162 valence electrons. The number of amides is 1. The SMILES string of the molecule is CC(C)(C)CC(=O)N[C@@H](C[C@H]1CCCCN1Cc1ccc(F)cc1)c1ccccn1. The Balaban J connectivity index is 1.73. The van der Waals surface area contributed by atoms with E-state index in [9.17, 15) is 9.18 Å². The molecule has 1 aliphatic rings. The van der Waals surface area contributed by atoms with Gasteiger partial charge in [0.05, 0.1) is 11.7 Å². The maximum absolute atomic E-state index is 13.3. The Bertz CT molecular complexity index is 801. The first-order valence-electron chi connectivity index (χ1n) is 11.0. The Morgan fingerprint density at radius 1 is 1.20 bits per heavy atom. The van der Waals surface area contributed by atoms with Gasteiger partial charge in [0.2, 0.25) is 5.91 Å². The standard InChI is InChI=1S/C25H34FN3O/c1-25(2,3)17-24(30)28-23(22-9-4-6-14-27-22)16-21-8-5-7-15-29(21)18-19-10-12-20(26)13-11-19/h4,6,9-14,21,23H,5,7-8,15-18H2,1-3H3,(H,28,30)/t21-,23+/m1/s1. The Morgan fingerprint density at radius 2 is 1.97 bits per heavy atom. The van der Waals surface area contributed by atoms with Gasteiger partial charge in [0.1, 0.15) is 5.82 Å². The van der Waals surface area contributed by atoms with Crippen molar-refractivity contribution >= 4 is 5.91 Å². The molecule has 3 rings (SSSR count). The summed E-state index contributed by atoms with van der Waals surface area (Å²) < 4.78 is 13.3. The number of piperidine rings is 1. The molecule has 1 aromatic carbocycles. The lowest BCUT2D eigenvalue weighted by molar-refractivity contribution is -0.123. The number of aromatic nitrogens is 1. The molecule has 0 radical (unpaired) electrons. The van der Waals surface area contributed by atoms with Crippen LogP contribution in [0, 0.1) is 11.2 Å². The zero-order valence-electron chi connectivity index (χ0n) is 18.4. The second kappa shape index (κ2) is 10.2. The summed E-state index contributed by atoms with van der Waals surface area (Å²) in [4.78, 5) is 19.7. The first kappa shape index (κ1) is 22.4. The number of hydrogen-bond donors (Lipinski definition) is 1. The molecule has 1 N–H and O–H groups in total. The van der Waals surface area contributed by atoms with E-state index in [4.69, 9.17) is 0 Å². The normalized spacial score (nSPS) is 18.7. The minimum Gasteiger partial charge on any atom is -0.348 e. The Hall–Kier alpha value is -2.27. The molecule has 4 nitrogen and oxygen atoms in total. The van der Waals surface area contributed by atoms with Gasteiger partial charge in [0, 0.05) is 25.2 Å². The van der Waals surface area contributed by atoms with Crippen LogP contribution in [0.5, 0.6) is 0 Å². The van der Waals surface area contributed by atoms with Crippen LogP contribution in [0.4, 0.5) is 4.39 Å². The average Bonchev–Trinajstić information content (AvgIpc) is 2.70. The van der Waals surface area contributed by atoms with Crippen molar-refractivity contribution < 1.29 is 9.18 Å². The molecule has 0 saturated carbocycles. The van der Waals surface area contributed by atoms with Crippen molar-refractivity contribution in [2.45, 2.75) is 71.5 Å². The molecule has 0 unspecified atom stereocenters. The minimum atomic E-state index is -0.203. The lowest BCUT2D eigenvalue weighted by atomic mass is 9.90.